The molecule has 120 valence electrons. The fraction of sp³-hybridized carbons (Fsp3) is 0.556. The van der Waals surface area contributed by atoms with Crippen molar-refractivity contribution < 1.29 is 4.74 Å². The van der Waals surface area contributed by atoms with Crippen molar-refractivity contribution in [2.45, 2.75) is 19.4 Å². The molecule has 3 rings (SSSR count). The molecule has 1 saturated heterocycles. The van der Waals surface area contributed by atoms with Crippen LogP contribution in [0.2, 0.25) is 0 Å². The minimum Gasteiger partial charge on any atom is -0.383 e. The lowest BCUT2D eigenvalue weighted by Gasteiger charge is -2.26. The first kappa shape index (κ1) is 15.5. The van der Waals surface area contributed by atoms with Crippen LogP contribution in [-0.4, -0.2) is 55.9 Å². The average molecular weight is 301 g/mol. The molecule has 0 aliphatic carbocycles. The van der Waals surface area contributed by atoms with Crippen molar-refractivity contribution in [3.63, 3.8) is 0 Å². The van der Waals surface area contributed by atoms with E-state index in [0.29, 0.717) is 0 Å². The molecule has 2 aromatic rings. The number of aryl methyl sites for hydroxylation is 1. The van der Waals surface area contributed by atoms with Crippen LogP contribution >= 0.6 is 0 Å². The summed E-state index contributed by atoms with van der Waals surface area (Å²) in [5.41, 5.74) is 2.80. The minimum absolute atomic E-state index is 0.763. The Morgan fingerprint density at radius 1 is 1.14 bits per heavy atom. The zero-order valence-corrected chi connectivity index (χ0v) is 13.6. The van der Waals surface area contributed by atoms with Gasteiger partial charge in [-0.1, -0.05) is 18.2 Å². The number of nitrogens with one attached hydrogen (secondary N) is 1. The molecule has 1 aromatic heterocycles. The van der Waals surface area contributed by atoms with E-state index in [4.69, 9.17) is 4.74 Å². The molecule has 1 aliphatic rings. The molecule has 0 radical (unpaired) electrons. The van der Waals surface area contributed by atoms with Crippen LogP contribution in [0.25, 0.3) is 10.9 Å². The van der Waals surface area contributed by atoms with Crippen LogP contribution in [0.5, 0.6) is 0 Å². The van der Waals surface area contributed by atoms with E-state index in [9.17, 15) is 0 Å². The van der Waals surface area contributed by atoms with Crippen molar-refractivity contribution in [1.82, 2.24) is 14.8 Å². The fourth-order valence-corrected chi connectivity index (χ4v) is 3.32. The maximum atomic E-state index is 5.23. The summed E-state index contributed by atoms with van der Waals surface area (Å²) < 4.78 is 7.56. The van der Waals surface area contributed by atoms with Gasteiger partial charge < -0.3 is 19.5 Å². The lowest BCUT2D eigenvalue weighted by Crippen LogP contribution is -2.43. The third-order valence-electron chi connectivity index (χ3n) is 4.54. The fourth-order valence-electron chi connectivity index (χ4n) is 3.32. The Morgan fingerprint density at radius 3 is 2.77 bits per heavy atom. The number of hydrogen-bond donors (Lipinski definition) is 1. The van der Waals surface area contributed by atoms with Crippen molar-refractivity contribution in [3.05, 3.63) is 36.0 Å². The zero-order chi connectivity index (χ0) is 15.2. The molecule has 0 saturated carbocycles. The molecule has 22 heavy (non-hydrogen) atoms. The highest BCUT2D eigenvalue weighted by Gasteiger charge is 2.11. The Hall–Kier alpha value is -1.36. The highest BCUT2D eigenvalue weighted by Crippen LogP contribution is 2.22. The molecule has 4 nitrogen and oxygen atoms in total. The summed E-state index contributed by atoms with van der Waals surface area (Å²) in [5, 5.41) is 4.81. The first-order chi connectivity index (χ1) is 10.9. The van der Waals surface area contributed by atoms with E-state index in [2.05, 4.69) is 45.2 Å². The van der Waals surface area contributed by atoms with E-state index < -0.39 is 0 Å². The van der Waals surface area contributed by atoms with Gasteiger partial charge in [0.25, 0.3) is 0 Å². The van der Waals surface area contributed by atoms with Crippen molar-refractivity contribution in [1.29, 1.82) is 0 Å². The molecule has 0 atom stereocenters. The molecule has 0 spiro atoms. The number of hydrogen-bond acceptors (Lipinski definition) is 3. The van der Waals surface area contributed by atoms with Gasteiger partial charge in [0.15, 0.2) is 0 Å². The highest BCUT2D eigenvalue weighted by molar-refractivity contribution is 5.83. The molecule has 4 heteroatoms. The van der Waals surface area contributed by atoms with Crippen LogP contribution in [-0.2, 0) is 17.7 Å². The van der Waals surface area contributed by atoms with Crippen molar-refractivity contribution in [2.24, 2.45) is 0 Å². The minimum atomic E-state index is 0.763. The molecule has 1 aromatic carbocycles. The number of para-hydroxylation sites is 1. The number of rotatable bonds is 7. The number of aromatic nitrogens is 1. The predicted molar refractivity (Wildman–Crippen MR) is 91.4 cm³/mol. The van der Waals surface area contributed by atoms with Crippen LogP contribution in [0, 0.1) is 0 Å². The monoisotopic (exact) mass is 301 g/mol. The van der Waals surface area contributed by atoms with Gasteiger partial charge in [0.1, 0.15) is 0 Å². The van der Waals surface area contributed by atoms with Crippen LogP contribution in [0.1, 0.15) is 12.0 Å². The SMILES string of the molecule is COCCn1cc(CCCN2CCNCC2)c2ccccc21. The van der Waals surface area contributed by atoms with Crippen LogP contribution in [0.4, 0.5) is 0 Å². The lowest BCUT2D eigenvalue weighted by molar-refractivity contribution is 0.188. The first-order valence-corrected chi connectivity index (χ1v) is 8.37. The third kappa shape index (κ3) is 3.69. The van der Waals surface area contributed by atoms with E-state index in [1.165, 1.54) is 42.5 Å². The second-order valence-corrected chi connectivity index (χ2v) is 6.05. The maximum Gasteiger partial charge on any atom is 0.0641 e. The summed E-state index contributed by atoms with van der Waals surface area (Å²) >= 11 is 0. The van der Waals surface area contributed by atoms with E-state index in [-0.39, 0.29) is 0 Å². The van der Waals surface area contributed by atoms with Gasteiger partial charge in [-0.25, -0.2) is 0 Å². The molecule has 2 heterocycles. The second-order valence-electron chi connectivity index (χ2n) is 6.05. The molecule has 1 aliphatic heterocycles. The summed E-state index contributed by atoms with van der Waals surface area (Å²) in [4.78, 5) is 2.57. The first-order valence-electron chi connectivity index (χ1n) is 8.37. The smallest absolute Gasteiger partial charge is 0.0641 e. The summed E-state index contributed by atoms with van der Waals surface area (Å²) in [6, 6.07) is 8.72. The number of benzene rings is 1. The molecule has 0 amide bonds. The Labute approximate surface area is 133 Å². The molecule has 0 bridgehead atoms. The van der Waals surface area contributed by atoms with Crippen molar-refractivity contribution in [2.75, 3.05) is 46.4 Å². The zero-order valence-electron chi connectivity index (χ0n) is 13.6. The summed E-state index contributed by atoms with van der Waals surface area (Å²) in [7, 11) is 1.76. The third-order valence-corrected chi connectivity index (χ3v) is 4.54. The Balaban J connectivity index is 1.64. The standard InChI is InChI=1S/C18H27N3O/c1-22-14-13-21-15-16(17-6-2-3-7-18(17)21)5-4-10-20-11-8-19-9-12-20/h2-3,6-7,15,19H,4-5,8-14H2,1H3. The quantitative estimate of drug-likeness (QED) is 0.849. The van der Waals surface area contributed by atoms with Gasteiger partial charge in [0, 0.05) is 56.9 Å². The number of piperazine rings is 1. The Bertz CT molecular complexity index is 587. The summed E-state index contributed by atoms with van der Waals surface area (Å²) in [5.74, 6) is 0. The van der Waals surface area contributed by atoms with Gasteiger partial charge >= 0.3 is 0 Å². The van der Waals surface area contributed by atoms with Gasteiger partial charge in [0.2, 0.25) is 0 Å². The number of methoxy groups -OCH3 is 1. The molecular weight excluding hydrogens is 274 g/mol. The number of nitrogens with zero attached hydrogens (tertiary/aromatic N) is 2. The van der Waals surface area contributed by atoms with E-state index >= 15 is 0 Å². The van der Waals surface area contributed by atoms with E-state index in [0.717, 1.165) is 32.7 Å². The van der Waals surface area contributed by atoms with Crippen molar-refractivity contribution >= 4 is 10.9 Å². The van der Waals surface area contributed by atoms with Crippen LogP contribution in [0.3, 0.4) is 0 Å². The second kappa shape index (κ2) is 7.77. The maximum absolute atomic E-state index is 5.23. The molecule has 0 unspecified atom stereocenters. The summed E-state index contributed by atoms with van der Waals surface area (Å²) in [6.45, 7) is 7.55. The van der Waals surface area contributed by atoms with Crippen LogP contribution < -0.4 is 5.32 Å². The topological polar surface area (TPSA) is 29.4 Å². The van der Waals surface area contributed by atoms with Gasteiger partial charge in [-0.15, -0.1) is 0 Å². The van der Waals surface area contributed by atoms with Gasteiger partial charge in [0.05, 0.1) is 6.61 Å². The van der Waals surface area contributed by atoms with Crippen molar-refractivity contribution in [3.8, 4) is 0 Å². The molecular formula is C18H27N3O. The number of fused-ring (bicyclic) bond motifs is 1. The largest absolute Gasteiger partial charge is 0.383 e. The summed E-state index contributed by atoms with van der Waals surface area (Å²) in [6.07, 6.45) is 4.71. The van der Waals surface area contributed by atoms with E-state index in [1.54, 1.807) is 7.11 Å². The Kier molecular flexibility index (Phi) is 5.48. The van der Waals surface area contributed by atoms with Gasteiger partial charge in [-0.3, -0.25) is 0 Å². The predicted octanol–water partition coefficient (Wildman–Crippen LogP) is 2.13. The molecule has 1 N–H and O–H groups in total. The Morgan fingerprint density at radius 2 is 1.95 bits per heavy atom. The van der Waals surface area contributed by atoms with E-state index in [1.807, 2.05) is 0 Å². The normalized spacial score (nSPS) is 16.4. The van der Waals surface area contributed by atoms with Gasteiger partial charge in [-0.05, 0) is 31.0 Å². The molecule has 1 fully saturated rings. The van der Waals surface area contributed by atoms with Gasteiger partial charge in [-0.2, -0.15) is 0 Å². The highest BCUT2D eigenvalue weighted by atomic mass is 16.5. The lowest BCUT2D eigenvalue weighted by atomic mass is 10.1. The van der Waals surface area contributed by atoms with Crippen LogP contribution in [0.15, 0.2) is 30.5 Å². The average Bonchev–Trinajstić information content (AvgIpc) is 2.92. The number of ether oxygens (including phenoxy) is 1.